The van der Waals surface area contributed by atoms with Gasteiger partial charge in [0.25, 0.3) is 0 Å². The number of carbonyl (C=O) groups excluding carboxylic acids is 1. The molecule has 0 N–H and O–H groups in total. The quantitative estimate of drug-likeness (QED) is 0.798. The molecule has 1 heterocycles. The molecule has 1 aromatic heterocycles. The predicted molar refractivity (Wildman–Crippen MR) is 62.0 cm³/mol. The van der Waals surface area contributed by atoms with Gasteiger partial charge in [0.1, 0.15) is 6.61 Å². The maximum atomic E-state index is 12.8. The summed E-state index contributed by atoms with van der Waals surface area (Å²) in [6.45, 7) is 6.33. The largest absolute Gasteiger partial charge is 0.460 e. The van der Waals surface area contributed by atoms with Crippen molar-refractivity contribution in [2.75, 3.05) is 6.61 Å². The highest BCUT2D eigenvalue weighted by Gasteiger charge is 2.41. The monoisotopic (exact) mass is 295 g/mol. The van der Waals surface area contributed by atoms with Crippen LogP contribution >= 0.6 is 0 Å². The topological polar surface area (TPSA) is 61.6 Å². The van der Waals surface area contributed by atoms with Crippen LogP contribution in [0.2, 0.25) is 0 Å². The summed E-state index contributed by atoms with van der Waals surface area (Å²) in [5.74, 6) is -2.48. The molecule has 0 spiro atoms. The molecule has 1 rings (SSSR count). The number of hydrogen-bond acceptors (Lipinski definition) is 5. The third kappa shape index (κ3) is 4.52. The molecule has 0 aliphatic rings. The number of rotatable bonds is 4. The summed E-state index contributed by atoms with van der Waals surface area (Å²) >= 11 is 0. The highest BCUT2D eigenvalue weighted by molar-refractivity contribution is 5.87. The van der Waals surface area contributed by atoms with Crippen molar-refractivity contribution < 1.29 is 31.9 Å². The Hall–Kier alpha value is -1.57. The van der Waals surface area contributed by atoms with E-state index in [1.54, 1.807) is 20.8 Å². The minimum Gasteiger partial charge on any atom is -0.460 e. The van der Waals surface area contributed by atoms with Crippen LogP contribution < -0.4 is 0 Å². The number of hydrogen-bond donors (Lipinski definition) is 0. The van der Waals surface area contributed by atoms with E-state index in [9.17, 15) is 18.0 Å². The maximum Gasteiger partial charge on any atom is 0.437 e. The molecule has 5 nitrogen and oxygen atoms in total. The number of nitrogens with zero attached hydrogens (tertiary/aromatic N) is 1. The molecule has 114 valence electrons. The molecule has 0 aliphatic carbocycles. The van der Waals surface area contributed by atoms with Crippen LogP contribution in [-0.2, 0) is 22.3 Å². The van der Waals surface area contributed by atoms with Gasteiger partial charge in [-0.2, -0.15) is 13.2 Å². The molecule has 0 radical (unpaired) electrons. The summed E-state index contributed by atoms with van der Waals surface area (Å²) in [5, 5.41) is 0. The first-order chi connectivity index (χ1) is 9.04. The minimum absolute atomic E-state index is 0.0648. The Morgan fingerprint density at radius 2 is 1.90 bits per heavy atom. The smallest absolute Gasteiger partial charge is 0.437 e. The van der Waals surface area contributed by atoms with Crippen LogP contribution in [0.25, 0.3) is 0 Å². The van der Waals surface area contributed by atoms with Crippen LogP contribution in [0.5, 0.6) is 0 Å². The molecule has 20 heavy (non-hydrogen) atoms. The van der Waals surface area contributed by atoms with E-state index < -0.39 is 29.2 Å². The van der Waals surface area contributed by atoms with Gasteiger partial charge in [-0.1, -0.05) is 0 Å². The van der Waals surface area contributed by atoms with Crippen LogP contribution in [0.4, 0.5) is 13.2 Å². The first-order valence-electron chi connectivity index (χ1n) is 5.92. The third-order valence-electron chi connectivity index (χ3n) is 2.03. The van der Waals surface area contributed by atoms with E-state index in [4.69, 9.17) is 9.15 Å². The number of ether oxygens (including phenoxy) is 2. The molecular formula is C12H16F3NO4. The van der Waals surface area contributed by atoms with Gasteiger partial charge in [0, 0.05) is 0 Å². The molecule has 8 heteroatoms. The van der Waals surface area contributed by atoms with Gasteiger partial charge in [0.05, 0.1) is 12.2 Å². The summed E-state index contributed by atoms with van der Waals surface area (Å²) in [5.41, 5.74) is -1.97. The lowest BCUT2D eigenvalue weighted by Gasteiger charge is -2.17. The molecule has 0 saturated carbocycles. The molecule has 0 aliphatic heterocycles. The lowest BCUT2D eigenvalue weighted by molar-refractivity contribution is -0.141. The fourth-order valence-corrected chi connectivity index (χ4v) is 1.23. The van der Waals surface area contributed by atoms with Crippen LogP contribution in [-0.4, -0.2) is 23.2 Å². The minimum atomic E-state index is -4.80. The van der Waals surface area contributed by atoms with Gasteiger partial charge in [0.2, 0.25) is 11.7 Å². The van der Waals surface area contributed by atoms with Crippen molar-refractivity contribution in [2.24, 2.45) is 0 Å². The summed E-state index contributed by atoms with van der Waals surface area (Å²) in [4.78, 5) is 14.7. The van der Waals surface area contributed by atoms with Crippen LogP contribution in [0.3, 0.4) is 0 Å². The van der Waals surface area contributed by atoms with E-state index >= 15 is 0 Å². The normalized spacial score (nSPS) is 12.6. The second kappa shape index (κ2) is 5.82. The number of alkyl halides is 3. The highest BCUT2D eigenvalue weighted by Crippen LogP contribution is 2.32. The molecule has 0 amide bonds. The van der Waals surface area contributed by atoms with E-state index in [0.717, 1.165) is 0 Å². The van der Waals surface area contributed by atoms with Gasteiger partial charge >= 0.3 is 12.1 Å². The second-order valence-electron chi connectivity index (χ2n) is 4.90. The zero-order valence-corrected chi connectivity index (χ0v) is 11.6. The lowest BCUT2D eigenvalue weighted by Crippen LogP contribution is -2.18. The summed E-state index contributed by atoms with van der Waals surface area (Å²) < 4.78 is 52.9. The van der Waals surface area contributed by atoms with E-state index in [-0.39, 0.29) is 19.1 Å². The molecule has 0 aromatic carbocycles. The van der Waals surface area contributed by atoms with E-state index in [2.05, 4.69) is 9.72 Å². The van der Waals surface area contributed by atoms with Gasteiger partial charge in [-0.25, -0.2) is 9.78 Å². The maximum absolute atomic E-state index is 12.8. The Bertz CT molecular complexity index is 474. The van der Waals surface area contributed by atoms with Crippen molar-refractivity contribution >= 4 is 5.97 Å². The standard InChI is InChI=1S/C12H16F3NO4/c1-5-18-10(17)8-9(12(13,14)15)16-7(20-8)6-19-11(2,3)4/h5-6H2,1-4H3. The number of halogens is 3. The van der Waals surface area contributed by atoms with Crippen molar-refractivity contribution in [1.29, 1.82) is 0 Å². The molecule has 1 aromatic rings. The lowest BCUT2D eigenvalue weighted by atomic mass is 10.2. The average molecular weight is 295 g/mol. The van der Waals surface area contributed by atoms with Crippen molar-refractivity contribution in [2.45, 2.75) is 46.1 Å². The van der Waals surface area contributed by atoms with Crippen molar-refractivity contribution in [3.8, 4) is 0 Å². The zero-order chi connectivity index (χ0) is 15.6. The zero-order valence-electron chi connectivity index (χ0n) is 11.6. The number of carbonyl (C=O) groups is 1. The Balaban J connectivity index is 3.03. The SMILES string of the molecule is CCOC(=O)c1oc(COC(C)(C)C)nc1C(F)(F)F. The Morgan fingerprint density at radius 3 is 2.35 bits per heavy atom. The first kappa shape index (κ1) is 16.5. The summed E-state index contributed by atoms with van der Waals surface area (Å²) in [7, 11) is 0. The van der Waals surface area contributed by atoms with Gasteiger partial charge in [0.15, 0.2) is 5.69 Å². The molecule has 0 bridgehead atoms. The number of oxazole rings is 1. The Labute approximate surface area is 114 Å². The van der Waals surface area contributed by atoms with E-state index in [0.29, 0.717) is 0 Å². The Morgan fingerprint density at radius 1 is 1.30 bits per heavy atom. The van der Waals surface area contributed by atoms with E-state index in [1.165, 1.54) is 6.92 Å². The molecule has 0 unspecified atom stereocenters. The third-order valence-corrected chi connectivity index (χ3v) is 2.03. The van der Waals surface area contributed by atoms with Crippen molar-refractivity contribution in [3.63, 3.8) is 0 Å². The average Bonchev–Trinajstić information content (AvgIpc) is 2.69. The van der Waals surface area contributed by atoms with Crippen molar-refractivity contribution in [3.05, 3.63) is 17.3 Å². The molecular weight excluding hydrogens is 279 g/mol. The fourth-order valence-electron chi connectivity index (χ4n) is 1.23. The fraction of sp³-hybridized carbons (Fsp3) is 0.667. The first-order valence-corrected chi connectivity index (χ1v) is 5.92. The number of esters is 1. The van der Waals surface area contributed by atoms with Gasteiger partial charge in [-0.3, -0.25) is 0 Å². The molecule has 0 atom stereocenters. The van der Waals surface area contributed by atoms with Gasteiger partial charge in [-0.15, -0.1) is 0 Å². The van der Waals surface area contributed by atoms with E-state index in [1.807, 2.05) is 0 Å². The van der Waals surface area contributed by atoms with Crippen LogP contribution in [0.15, 0.2) is 4.42 Å². The Kier molecular flexibility index (Phi) is 4.80. The number of aromatic nitrogens is 1. The molecule has 0 fully saturated rings. The van der Waals surface area contributed by atoms with Crippen molar-refractivity contribution in [1.82, 2.24) is 4.98 Å². The van der Waals surface area contributed by atoms with Crippen LogP contribution in [0, 0.1) is 0 Å². The summed E-state index contributed by atoms with van der Waals surface area (Å²) in [6.07, 6.45) is -4.80. The second-order valence-corrected chi connectivity index (χ2v) is 4.90. The van der Waals surface area contributed by atoms with Gasteiger partial charge in [-0.05, 0) is 27.7 Å². The molecule has 0 saturated heterocycles. The predicted octanol–water partition coefficient (Wildman–Crippen LogP) is 3.19. The highest BCUT2D eigenvalue weighted by atomic mass is 19.4. The van der Waals surface area contributed by atoms with Gasteiger partial charge < -0.3 is 13.9 Å². The van der Waals surface area contributed by atoms with Crippen LogP contribution in [0.1, 0.15) is 49.8 Å². The summed E-state index contributed by atoms with van der Waals surface area (Å²) in [6, 6.07) is 0.